The molecule has 12 heteroatoms. The average Bonchev–Trinajstić information content (AvgIpc) is 3.56. The number of hydrogen-bond acceptors (Lipinski definition) is 4. The molecule has 0 aromatic heterocycles. The summed E-state index contributed by atoms with van der Waals surface area (Å²) >= 11 is 0. The summed E-state index contributed by atoms with van der Waals surface area (Å²) in [5.74, 6) is -0.212. The first-order valence-electron chi connectivity index (χ1n) is 13.7. The molecule has 0 N–H and O–H groups in total. The third-order valence-electron chi connectivity index (χ3n) is 8.75. The summed E-state index contributed by atoms with van der Waals surface area (Å²) in [5.41, 5.74) is -0.440. The number of nitrogens with zero attached hydrogens (tertiary/aromatic N) is 3. The van der Waals surface area contributed by atoms with Gasteiger partial charge >= 0.3 is 24.4 Å². The lowest BCUT2D eigenvalue weighted by Crippen LogP contribution is -2.51. The number of ether oxygens (including phenoxy) is 1. The van der Waals surface area contributed by atoms with Gasteiger partial charge in [0.15, 0.2) is 0 Å². The number of rotatable bonds is 4. The number of likely N-dealkylation sites (tertiary alicyclic amines) is 2. The molecule has 3 aliphatic rings. The first-order valence-corrected chi connectivity index (χ1v) is 13.7. The minimum atomic E-state index is -4.99. The highest BCUT2D eigenvalue weighted by atomic mass is 19.4. The lowest BCUT2D eigenvalue weighted by atomic mass is 9.78. The van der Waals surface area contributed by atoms with Crippen molar-refractivity contribution in [3.05, 3.63) is 82.1 Å². The molecule has 2 aromatic rings. The van der Waals surface area contributed by atoms with Gasteiger partial charge in [0.1, 0.15) is 6.61 Å². The zero-order chi connectivity index (χ0) is 30.6. The predicted molar refractivity (Wildman–Crippen MR) is 141 cm³/mol. The zero-order valence-electron chi connectivity index (χ0n) is 23.3. The largest absolute Gasteiger partial charge is 0.456 e. The topological polar surface area (TPSA) is 53.1 Å². The van der Waals surface area contributed by atoms with E-state index in [-0.39, 0.29) is 36.1 Å². The Morgan fingerprint density at radius 2 is 1.67 bits per heavy atom. The monoisotopic (exact) mass is 595 g/mol. The number of carbonyl (C=O) groups excluding carboxylic acids is 2. The maximum atomic E-state index is 14.1. The number of benzene rings is 2. The number of esters is 1. The van der Waals surface area contributed by atoms with Crippen molar-refractivity contribution in [2.24, 2.45) is 11.8 Å². The molecule has 0 bridgehead atoms. The summed E-state index contributed by atoms with van der Waals surface area (Å²) in [6, 6.07) is 7.11. The van der Waals surface area contributed by atoms with Crippen LogP contribution in [0.15, 0.2) is 54.2 Å². The Kier molecular flexibility index (Phi) is 7.69. The number of halogens is 6. The van der Waals surface area contributed by atoms with Crippen LogP contribution in [0.1, 0.15) is 53.2 Å². The zero-order valence-corrected chi connectivity index (χ0v) is 23.3. The fourth-order valence-corrected chi connectivity index (χ4v) is 6.36. The first-order chi connectivity index (χ1) is 19.6. The summed E-state index contributed by atoms with van der Waals surface area (Å²) < 4.78 is 86.2. The second-order valence-corrected chi connectivity index (χ2v) is 11.3. The predicted octanol–water partition coefficient (Wildman–Crippen LogP) is 6.58. The number of alkyl halides is 6. The molecular formula is C30H31F6N3O3. The minimum Gasteiger partial charge on any atom is -0.456 e. The average molecular weight is 596 g/mol. The van der Waals surface area contributed by atoms with E-state index in [0.29, 0.717) is 38.2 Å². The van der Waals surface area contributed by atoms with Crippen molar-refractivity contribution in [2.75, 3.05) is 33.3 Å². The fraction of sp³-hybridized carbons (Fsp3) is 0.467. The van der Waals surface area contributed by atoms with Crippen LogP contribution in [0, 0.1) is 18.8 Å². The van der Waals surface area contributed by atoms with Crippen LogP contribution in [-0.2, 0) is 21.9 Å². The molecule has 0 saturated carbocycles. The van der Waals surface area contributed by atoms with Gasteiger partial charge in [-0.2, -0.15) is 26.3 Å². The Balaban J connectivity index is 1.47. The SMILES string of the molecule is Cc1ccccc1C1[C@@H]2CN(C3=CC(=O)OC3)CC2CCN1C(=O)N(C)C(C)c1cc(C(F)(F)F)cc(C(F)(F)F)c1. The van der Waals surface area contributed by atoms with E-state index in [1.807, 2.05) is 31.2 Å². The van der Waals surface area contributed by atoms with Crippen molar-refractivity contribution in [3.8, 4) is 0 Å². The lowest BCUT2D eigenvalue weighted by Gasteiger charge is -2.45. The summed E-state index contributed by atoms with van der Waals surface area (Å²) in [4.78, 5) is 30.8. The number of piperidine rings is 1. The van der Waals surface area contributed by atoms with Gasteiger partial charge in [0.05, 0.1) is 28.9 Å². The summed E-state index contributed by atoms with van der Waals surface area (Å²) in [7, 11) is 1.40. The Bertz CT molecular complexity index is 1370. The van der Waals surface area contributed by atoms with Crippen LogP contribution in [0.25, 0.3) is 0 Å². The molecule has 3 aliphatic heterocycles. The smallest absolute Gasteiger partial charge is 0.416 e. The molecule has 0 spiro atoms. The van der Waals surface area contributed by atoms with Crippen LogP contribution >= 0.6 is 0 Å². The van der Waals surface area contributed by atoms with Crippen LogP contribution in [0.4, 0.5) is 31.1 Å². The molecule has 2 amide bonds. The molecule has 42 heavy (non-hydrogen) atoms. The lowest BCUT2D eigenvalue weighted by molar-refractivity contribution is -0.143. The third-order valence-corrected chi connectivity index (χ3v) is 8.75. The molecule has 3 heterocycles. The molecule has 2 saturated heterocycles. The highest BCUT2D eigenvalue weighted by Gasteiger charge is 2.48. The standard InChI is InChI=1S/C30H31F6N3O3/c1-17-6-4-5-7-24(17)27-25-15-38(23-13-26(40)42-16-23)14-19(25)8-9-39(27)28(41)37(3)18(2)20-10-21(29(31,32)33)12-22(11-20)30(34,35)36/h4-7,10-13,18-19,25,27H,8-9,14-16H2,1-3H3/t18?,19?,25-,27?/m1/s1. The van der Waals surface area contributed by atoms with Crippen molar-refractivity contribution in [1.82, 2.24) is 14.7 Å². The van der Waals surface area contributed by atoms with Crippen molar-refractivity contribution >= 4 is 12.0 Å². The van der Waals surface area contributed by atoms with Crippen molar-refractivity contribution in [3.63, 3.8) is 0 Å². The maximum Gasteiger partial charge on any atom is 0.416 e. The molecule has 2 fully saturated rings. The normalized spacial score (nSPS) is 23.4. The molecule has 2 aromatic carbocycles. The quantitative estimate of drug-likeness (QED) is 0.296. The van der Waals surface area contributed by atoms with Crippen molar-refractivity contribution < 1.29 is 40.7 Å². The third kappa shape index (κ3) is 5.67. The van der Waals surface area contributed by atoms with Gasteiger partial charge in [-0.1, -0.05) is 24.3 Å². The van der Waals surface area contributed by atoms with Gasteiger partial charge in [-0.25, -0.2) is 9.59 Å². The summed E-state index contributed by atoms with van der Waals surface area (Å²) in [6.45, 7) is 5.16. The van der Waals surface area contributed by atoms with Gasteiger partial charge in [-0.3, -0.25) is 0 Å². The molecule has 226 valence electrons. The van der Waals surface area contributed by atoms with Gasteiger partial charge in [-0.15, -0.1) is 0 Å². The van der Waals surface area contributed by atoms with E-state index in [9.17, 15) is 35.9 Å². The molecular weight excluding hydrogens is 564 g/mol. The van der Waals surface area contributed by atoms with E-state index in [0.717, 1.165) is 16.8 Å². The van der Waals surface area contributed by atoms with Gasteiger partial charge < -0.3 is 19.4 Å². The number of cyclic esters (lactones) is 1. The van der Waals surface area contributed by atoms with Gasteiger partial charge in [0.2, 0.25) is 0 Å². The van der Waals surface area contributed by atoms with Gasteiger partial charge in [-0.05, 0) is 61.1 Å². The van der Waals surface area contributed by atoms with E-state index in [1.165, 1.54) is 24.9 Å². The highest BCUT2D eigenvalue weighted by molar-refractivity contribution is 5.85. The van der Waals surface area contributed by atoms with Gasteiger partial charge in [0, 0.05) is 38.7 Å². The number of hydrogen-bond donors (Lipinski definition) is 0. The van der Waals surface area contributed by atoms with E-state index < -0.39 is 41.5 Å². The molecule has 4 atom stereocenters. The minimum absolute atomic E-state index is 0.0190. The van der Waals surface area contributed by atoms with Crippen LogP contribution in [0.3, 0.4) is 0 Å². The second kappa shape index (κ2) is 10.9. The van der Waals surface area contributed by atoms with E-state index in [4.69, 9.17) is 4.74 Å². The molecule has 3 unspecified atom stereocenters. The number of amides is 2. The fourth-order valence-electron chi connectivity index (χ4n) is 6.36. The molecule has 0 radical (unpaired) electrons. The second-order valence-electron chi connectivity index (χ2n) is 11.3. The Labute approximate surface area is 239 Å². The summed E-state index contributed by atoms with van der Waals surface area (Å²) in [5, 5.41) is 0. The maximum absolute atomic E-state index is 14.1. The van der Waals surface area contributed by atoms with Crippen LogP contribution in [0.5, 0.6) is 0 Å². The van der Waals surface area contributed by atoms with E-state index >= 15 is 0 Å². The molecule has 0 aliphatic carbocycles. The van der Waals surface area contributed by atoms with Crippen LogP contribution in [-0.4, -0.2) is 60.0 Å². The number of aryl methyl sites for hydroxylation is 1. The number of urea groups is 1. The molecule has 5 rings (SSSR count). The van der Waals surface area contributed by atoms with Crippen LogP contribution in [0.2, 0.25) is 0 Å². The Morgan fingerprint density at radius 3 is 2.24 bits per heavy atom. The Hall–Kier alpha value is -3.70. The van der Waals surface area contributed by atoms with E-state index in [1.54, 1.807) is 4.90 Å². The highest BCUT2D eigenvalue weighted by Crippen LogP contribution is 2.46. The number of fused-ring (bicyclic) bond motifs is 1. The molecule has 6 nitrogen and oxygen atoms in total. The van der Waals surface area contributed by atoms with Crippen molar-refractivity contribution in [2.45, 2.75) is 44.7 Å². The summed E-state index contributed by atoms with van der Waals surface area (Å²) in [6.07, 6.45) is -7.85. The van der Waals surface area contributed by atoms with Gasteiger partial charge in [0.25, 0.3) is 0 Å². The first kappa shape index (κ1) is 29.8. The van der Waals surface area contributed by atoms with Crippen LogP contribution < -0.4 is 0 Å². The number of carbonyl (C=O) groups is 2. The Morgan fingerprint density at radius 1 is 1.02 bits per heavy atom. The van der Waals surface area contributed by atoms with E-state index in [2.05, 4.69) is 4.90 Å². The van der Waals surface area contributed by atoms with Crippen molar-refractivity contribution in [1.29, 1.82) is 0 Å².